The van der Waals surface area contributed by atoms with Gasteiger partial charge in [-0.2, -0.15) is 4.67 Å². The molecule has 0 radical (unpaired) electrons. The molecule has 2 aromatic carbocycles. The molecule has 2 aliphatic rings. The third kappa shape index (κ3) is 3.44. The summed E-state index contributed by atoms with van der Waals surface area (Å²) < 4.78 is 20.2. The van der Waals surface area contributed by atoms with E-state index in [0.29, 0.717) is 25.4 Å². The van der Waals surface area contributed by atoms with E-state index in [9.17, 15) is 9.46 Å². The Morgan fingerprint density at radius 1 is 0.966 bits per heavy atom. The fourth-order valence-corrected chi connectivity index (χ4v) is 5.46. The number of pyridine rings is 1. The predicted molar refractivity (Wildman–Crippen MR) is 112 cm³/mol. The van der Waals surface area contributed by atoms with E-state index in [1.165, 1.54) is 16.7 Å². The van der Waals surface area contributed by atoms with Crippen LogP contribution >= 0.6 is 7.75 Å². The number of anilines is 1. The van der Waals surface area contributed by atoms with Crippen molar-refractivity contribution in [2.45, 2.75) is 12.5 Å². The molecule has 1 N–H and O–H groups in total. The molecule has 6 nitrogen and oxygen atoms in total. The first-order chi connectivity index (χ1) is 14.1. The van der Waals surface area contributed by atoms with Crippen molar-refractivity contribution in [3.8, 4) is 5.75 Å². The minimum atomic E-state index is -3.98. The van der Waals surface area contributed by atoms with Gasteiger partial charge in [0.1, 0.15) is 11.6 Å². The SMILES string of the molecule is O=P(O)(Oc1ccccc1)N1CCN2c3ncccc3Cc3ccccc3C2C1. The number of hydrogen-bond donors (Lipinski definition) is 1. The van der Waals surface area contributed by atoms with Gasteiger partial charge in [-0.1, -0.05) is 48.5 Å². The summed E-state index contributed by atoms with van der Waals surface area (Å²) in [5.41, 5.74) is 3.59. The number of rotatable bonds is 3. The molecule has 2 aliphatic heterocycles. The molecule has 0 amide bonds. The third-order valence-electron chi connectivity index (χ3n) is 5.62. The van der Waals surface area contributed by atoms with E-state index in [2.05, 4.69) is 28.1 Å². The van der Waals surface area contributed by atoms with Gasteiger partial charge in [-0.15, -0.1) is 0 Å². The van der Waals surface area contributed by atoms with Crippen LogP contribution in [-0.2, 0) is 11.0 Å². The predicted octanol–water partition coefficient (Wildman–Crippen LogP) is 4.03. The third-order valence-corrected chi connectivity index (χ3v) is 7.15. The molecule has 0 bridgehead atoms. The van der Waals surface area contributed by atoms with E-state index in [1.807, 2.05) is 30.5 Å². The second-order valence-corrected chi connectivity index (χ2v) is 9.11. The molecule has 2 unspecified atom stereocenters. The number of nitrogens with zero attached hydrogens (tertiary/aromatic N) is 3. The molecule has 29 heavy (non-hydrogen) atoms. The van der Waals surface area contributed by atoms with Crippen molar-refractivity contribution < 1.29 is 14.0 Å². The van der Waals surface area contributed by atoms with Crippen molar-refractivity contribution in [1.29, 1.82) is 0 Å². The quantitative estimate of drug-likeness (QED) is 0.662. The van der Waals surface area contributed by atoms with Crippen LogP contribution in [0.15, 0.2) is 72.9 Å². The number of hydrogen-bond acceptors (Lipinski definition) is 4. The monoisotopic (exact) mass is 407 g/mol. The van der Waals surface area contributed by atoms with Gasteiger partial charge < -0.3 is 14.3 Å². The summed E-state index contributed by atoms with van der Waals surface area (Å²) in [5, 5.41) is 0. The minimum absolute atomic E-state index is 0.0593. The molecule has 0 aliphatic carbocycles. The minimum Gasteiger partial charge on any atom is -0.413 e. The fourth-order valence-electron chi connectivity index (χ4n) is 4.25. The fraction of sp³-hybridized carbons (Fsp3) is 0.227. The molecule has 1 fully saturated rings. The van der Waals surface area contributed by atoms with Gasteiger partial charge in [0, 0.05) is 32.3 Å². The highest BCUT2D eigenvalue weighted by Gasteiger charge is 2.41. The van der Waals surface area contributed by atoms with Crippen LogP contribution in [0, 0.1) is 0 Å². The Hall–Kier alpha value is -2.66. The summed E-state index contributed by atoms with van der Waals surface area (Å²) in [6, 6.07) is 21.2. The Kier molecular flexibility index (Phi) is 4.63. The molecule has 7 heteroatoms. The number of aromatic nitrogens is 1. The van der Waals surface area contributed by atoms with Crippen molar-refractivity contribution >= 4 is 13.6 Å². The van der Waals surface area contributed by atoms with Gasteiger partial charge in [0.25, 0.3) is 0 Å². The van der Waals surface area contributed by atoms with Gasteiger partial charge in [-0.3, -0.25) is 0 Å². The number of fused-ring (bicyclic) bond motifs is 5. The van der Waals surface area contributed by atoms with Crippen molar-refractivity contribution in [1.82, 2.24) is 9.65 Å². The van der Waals surface area contributed by atoms with Crippen LogP contribution in [0.2, 0.25) is 0 Å². The van der Waals surface area contributed by atoms with Crippen LogP contribution in [0.1, 0.15) is 22.7 Å². The summed E-state index contributed by atoms with van der Waals surface area (Å²) in [5.74, 6) is 1.36. The summed E-state index contributed by atoms with van der Waals surface area (Å²) in [6.45, 7) is 1.43. The standard InChI is InChI=1S/C22H22N3O3P/c26-29(27,28-19-9-2-1-3-10-19)24-13-14-25-21(16-24)20-11-5-4-7-17(20)15-18-8-6-12-23-22(18)25/h1-12,21H,13-16H2,(H,26,27). The van der Waals surface area contributed by atoms with Crippen molar-refractivity contribution in [2.75, 3.05) is 24.5 Å². The van der Waals surface area contributed by atoms with Crippen LogP contribution in [0.5, 0.6) is 5.75 Å². The van der Waals surface area contributed by atoms with E-state index in [-0.39, 0.29) is 6.04 Å². The Balaban J connectivity index is 1.49. The van der Waals surface area contributed by atoms with Crippen molar-refractivity contribution in [2.24, 2.45) is 0 Å². The molecule has 1 aromatic heterocycles. The van der Waals surface area contributed by atoms with Crippen molar-refractivity contribution in [3.63, 3.8) is 0 Å². The molecular formula is C22H22N3O3P. The van der Waals surface area contributed by atoms with Crippen LogP contribution in [0.3, 0.4) is 0 Å². The van der Waals surface area contributed by atoms with Crippen LogP contribution in [0.25, 0.3) is 0 Å². The number of para-hydroxylation sites is 1. The molecular weight excluding hydrogens is 385 g/mol. The molecule has 3 heterocycles. The lowest BCUT2D eigenvalue weighted by molar-refractivity contribution is 0.246. The first-order valence-corrected chi connectivity index (χ1v) is 11.3. The normalized spacial score (nSPS) is 20.6. The molecule has 5 rings (SSSR count). The maximum absolute atomic E-state index is 13.1. The van der Waals surface area contributed by atoms with Gasteiger partial charge in [-0.25, -0.2) is 9.55 Å². The number of benzene rings is 2. The second-order valence-electron chi connectivity index (χ2n) is 7.38. The Labute approximate surface area is 170 Å². The van der Waals surface area contributed by atoms with E-state index in [4.69, 9.17) is 4.52 Å². The zero-order chi connectivity index (χ0) is 19.8. The highest BCUT2D eigenvalue weighted by molar-refractivity contribution is 7.50. The zero-order valence-corrected chi connectivity index (χ0v) is 16.8. The lowest BCUT2D eigenvalue weighted by Gasteiger charge is -2.42. The first kappa shape index (κ1) is 18.4. The maximum Gasteiger partial charge on any atom is 0.458 e. The largest absolute Gasteiger partial charge is 0.458 e. The van der Waals surface area contributed by atoms with E-state index >= 15 is 0 Å². The lowest BCUT2D eigenvalue weighted by atomic mass is 9.96. The van der Waals surface area contributed by atoms with Crippen LogP contribution < -0.4 is 9.42 Å². The molecule has 2 atom stereocenters. The van der Waals surface area contributed by atoms with E-state index in [1.54, 1.807) is 28.9 Å². The number of piperazine rings is 1. The van der Waals surface area contributed by atoms with E-state index < -0.39 is 7.75 Å². The van der Waals surface area contributed by atoms with E-state index in [0.717, 1.165) is 12.2 Å². The molecule has 0 saturated carbocycles. The molecule has 1 saturated heterocycles. The maximum atomic E-state index is 13.1. The van der Waals surface area contributed by atoms with Gasteiger partial charge in [0.15, 0.2) is 0 Å². The topological polar surface area (TPSA) is 65.9 Å². The highest BCUT2D eigenvalue weighted by atomic mass is 31.2. The Morgan fingerprint density at radius 2 is 1.72 bits per heavy atom. The van der Waals surface area contributed by atoms with Gasteiger partial charge in [0.2, 0.25) is 0 Å². The summed E-state index contributed by atoms with van der Waals surface area (Å²) in [7, 11) is -3.98. The Morgan fingerprint density at radius 3 is 2.59 bits per heavy atom. The molecule has 3 aromatic rings. The smallest absolute Gasteiger partial charge is 0.413 e. The van der Waals surface area contributed by atoms with Crippen LogP contribution in [-0.4, -0.2) is 34.2 Å². The summed E-state index contributed by atoms with van der Waals surface area (Å²) in [6.07, 6.45) is 2.62. The molecule has 148 valence electrons. The summed E-state index contributed by atoms with van der Waals surface area (Å²) in [4.78, 5) is 17.6. The van der Waals surface area contributed by atoms with Crippen LogP contribution in [0.4, 0.5) is 5.82 Å². The summed E-state index contributed by atoms with van der Waals surface area (Å²) >= 11 is 0. The van der Waals surface area contributed by atoms with Crippen molar-refractivity contribution in [3.05, 3.63) is 89.6 Å². The first-order valence-electron chi connectivity index (χ1n) is 9.73. The Bertz CT molecular complexity index is 1080. The zero-order valence-electron chi connectivity index (χ0n) is 15.9. The lowest BCUT2D eigenvalue weighted by Crippen LogP contribution is -2.47. The average molecular weight is 407 g/mol. The highest BCUT2D eigenvalue weighted by Crippen LogP contribution is 2.50. The van der Waals surface area contributed by atoms with Gasteiger partial charge in [0.05, 0.1) is 6.04 Å². The average Bonchev–Trinajstić information content (AvgIpc) is 2.88. The van der Waals surface area contributed by atoms with Gasteiger partial charge in [-0.05, 0) is 34.9 Å². The second kappa shape index (κ2) is 7.30. The van der Waals surface area contributed by atoms with Gasteiger partial charge >= 0.3 is 7.75 Å². The molecule has 0 spiro atoms.